The first-order valence-electron chi connectivity index (χ1n) is 5.35. The van der Waals surface area contributed by atoms with Crippen molar-refractivity contribution in [2.24, 2.45) is 5.41 Å². The molecule has 18 heavy (non-hydrogen) atoms. The van der Waals surface area contributed by atoms with Gasteiger partial charge < -0.3 is 0 Å². The second-order valence-corrected chi connectivity index (χ2v) is 6.76. The second kappa shape index (κ2) is 6.91. The van der Waals surface area contributed by atoms with Crippen LogP contribution in [-0.4, -0.2) is 6.61 Å². The molecule has 0 aliphatic heterocycles. The van der Waals surface area contributed by atoms with Crippen molar-refractivity contribution in [2.75, 3.05) is 6.61 Å². The molecule has 1 aromatic carbocycles. The van der Waals surface area contributed by atoms with Gasteiger partial charge in [0.25, 0.3) is 0 Å². The molecule has 0 saturated heterocycles. The van der Waals surface area contributed by atoms with Gasteiger partial charge in [-0.3, -0.25) is 0 Å². The Hall–Kier alpha value is -0.860. The maximum Gasteiger partial charge on any atom is 0.800 e. The summed E-state index contributed by atoms with van der Waals surface area (Å²) in [7, 11) is -4.94. The molecule has 0 radical (unpaired) electrons. The van der Waals surface area contributed by atoms with E-state index in [2.05, 4.69) is 4.31 Å². The summed E-state index contributed by atoms with van der Waals surface area (Å²) < 4.78 is 37.2. The van der Waals surface area contributed by atoms with Crippen LogP contribution in [0.2, 0.25) is 0 Å². The minimum atomic E-state index is -2.50. The Balaban J connectivity index is 2.34. The fourth-order valence-corrected chi connectivity index (χ4v) is 2.45. The molecular formula is C11H16O5P2+2. The van der Waals surface area contributed by atoms with Gasteiger partial charge >= 0.3 is 16.5 Å². The molecule has 7 heteroatoms. The van der Waals surface area contributed by atoms with Crippen molar-refractivity contribution in [3.8, 4) is 5.75 Å². The molecular weight excluding hydrogens is 274 g/mol. The van der Waals surface area contributed by atoms with E-state index >= 15 is 0 Å². The lowest BCUT2D eigenvalue weighted by Crippen LogP contribution is -2.11. The number of hydrogen-bond acceptors (Lipinski definition) is 5. The molecule has 0 aliphatic carbocycles. The van der Waals surface area contributed by atoms with E-state index in [1.54, 1.807) is 30.3 Å². The van der Waals surface area contributed by atoms with E-state index < -0.39 is 16.5 Å². The zero-order chi connectivity index (χ0) is 13.6. The summed E-state index contributed by atoms with van der Waals surface area (Å²) in [5.74, 6) is 0.387. The first-order valence-corrected chi connectivity index (χ1v) is 7.54. The largest absolute Gasteiger partial charge is 0.800 e. The molecule has 5 nitrogen and oxygen atoms in total. The van der Waals surface area contributed by atoms with Crippen LogP contribution >= 0.6 is 16.5 Å². The van der Waals surface area contributed by atoms with Crippen molar-refractivity contribution in [2.45, 2.75) is 20.8 Å². The average molecular weight is 290 g/mol. The predicted molar refractivity (Wildman–Crippen MR) is 68.8 cm³/mol. The van der Waals surface area contributed by atoms with Crippen molar-refractivity contribution in [1.29, 1.82) is 0 Å². The summed E-state index contributed by atoms with van der Waals surface area (Å²) in [5.41, 5.74) is -0.139. The van der Waals surface area contributed by atoms with Crippen LogP contribution in [0, 0.1) is 5.41 Å². The van der Waals surface area contributed by atoms with Crippen molar-refractivity contribution < 1.29 is 22.5 Å². The first kappa shape index (κ1) is 15.2. The predicted octanol–water partition coefficient (Wildman–Crippen LogP) is 4.46. The zero-order valence-electron chi connectivity index (χ0n) is 10.5. The van der Waals surface area contributed by atoms with Crippen LogP contribution in [0.1, 0.15) is 20.8 Å². The molecule has 1 rings (SSSR count). The van der Waals surface area contributed by atoms with E-state index in [0.29, 0.717) is 5.75 Å². The lowest BCUT2D eigenvalue weighted by molar-refractivity contribution is 0.188. The summed E-state index contributed by atoms with van der Waals surface area (Å²) in [6, 6.07) is 8.51. The van der Waals surface area contributed by atoms with Crippen molar-refractivity contribution in [3.05, 3.63) is 30.3 Å². The molecule has 0 aliphatic rings. The highest BCUT2D eigenvalue weighted by Crippen LogP contribution is 2.41. The highest BCUT2D eigenvalue weighted by atomic mass is 31.2. The molecule has 1 aromatic rings. The molecule has 0 aromatic heterocycles. The van der Waals surface area contributed by atoms with Crippen LogP contribution in [0.25, 0.3) is 0 Å². The Kier molecular flexibility index (Phi) is 5.83. The lowest BCUT2D eigenvalue weighted by Gasteiger charge is -2.11. The molecule has 98 valence electrons. The molecule has 0 bridgehead atoms. The van der Waals surface area contributed by atoms with Gasteiger partial charge in [0.2, 0.25) is 0 Å². The van der Waals surface area contributed by atoms with E-state index in [0.717, 1.165) is 0 Å². The smallest absolute Gasteiger partial charge is 0.227 e. The summed E-state index contributed by atoms with van der Waals surface area (Å²) in [6.45, 7) is 6.03. The lowest BCUT2D eigenvalue weighted by atomic mass is 9.99. The molecule has 2 unspecified atom stereocenters. The summed E-state index contributed by atoms with van der Waals surface area (Å²) >= 11 is 0. The third-order valence-corrected chi connectivity index (χ3v) is 3.43. The fraction of sp³-hybridized carbons (Fsp3) is 0.455. The molecule has 0 N–H and O–H groups in total. The Morgan fingerprint density at radius 1 is 1.06 bits per heavy atom. The minimum Gasteiger partial charge on any atom is -0.227 e. The average Bonchev–Trinajstić information content (AvgIpc) is 2.26. The molecule has 0 heterocycles. The van der Waals surface area contributed by atoms with E-state index in [1.165, 1.54) is 0 Å². The number of para-hydroxylation sites is 1. The van der Waals surface area contributed by atoms with Gasteiger partial charge in [0, 0.05) is 9.13 Å². The molecule has 0 spiro atoms. The number of hydrogen-bond donors (Lipinski definition) is 0. The van der Waals surface area contributed by atoms with Gasteiger partial charge in [0.1, 0.15) is 6.61 Å². The van der Waals surface area contributed by atoms with Gasteiger partial charge in [-0.25, -0.2) is 4.52 Å². The Morgan fingerprint density at radius 3 is 2.22 bits per heavy atom. The third-order valence-electron chi connectivity index (χ3n) is 1.66. The summed E-state index contributed by atoms with van der Waals surface area (Å²) in [6.07, 6.45) is 0. The number of benzene rings is 1. The van der Waals surface area contributed by atoms with Crippen LogP contribution < -0.4 is 4.52 Å². The summed E-state index contributed by atoms with van der Waals surface area (Å²) in [5, 5.41) is 0. The quantitative estimate of drug-likeness (QED) is 0.724. The van der Waals surface area contributed by atoms with Crippen LogP contribution in [0.15, 0.2) is 30.3 Å². The Bertz CT molecular complexity index is 413. The molecule has 0 fully saturated rings. The summed E-state index contributed by atoms with van der Waals surface area (Å²) in [4.78, 5) is 0. The van der Waals surface area contributed by atoms with Gasteiger partial charge in [-0.1, -0.05) is 39.0 Å². The van der Waals surface area contributed by atoms with Crippen molar-refractivity contribution in [3.63, 3.8) is 0 Å². The van der Waals surface area contributed by atoms with Gasteiger partial charge in [0.15, 0.2) is 10.1 Å². The maximum atomic E-state index is 11.4. The molecule has 2 atom stereocenters. The molecule has 0 saturated carbocycles. The van der Waals surface area contributed by atoms with Gasteiger partial charge in [-0.05, 0) is 17.5 Å². The second-order valence-electron chi connectivity index (χ2n) is 4.77. The Morgan fingerprint density at radius 2 is 1.67 bits per heavy atom. The van der Waals surface area contributed by atoms with E-state index in [4.69, 9.17) is 9.05 Å². The fourth-order valence-electron chi connectivity index (χ4n) is 0.908. The maximum absolute atomic E-state index is 11.4. The Labute approximate surface area is 108 Å². The van der Waals surface area contributed by atoms with E-state index in [9.17, 15) is 9.13 Å². The normalized spacial score (nSPS) is 13.1. The van der Waals surface area contributed by atoms with Crippen molar-refractivity contribution in [1.82, 2.24) is 0 Å². The standard InChI is InChI=1S/C11H16O5P2/c1-11(2,3)9-14-17(12)16-18(13)15-10-7-5-4-6-8-10/h4-8H,9H2,1-3H3/q+2. The van der Waals surface area contributed by atoms with Gasteiger partial charge in [-0.15, -0.1) is 4.52 Å². The third kappa shape index (κ3) is 6.77. The zero-order valence-corrected chi connectivity index (χ0v) is 12.3. The van der Waals surface area contributed by atoms with Gasteiger partial charge in [-0.2, -0.15) is 0 Å². The van der Waals surface area contributed by atoms with E-state index in [-0.39, 0.29) is 12.0 Å². The van der Waals surface area contributed by atoms with Crippen molar-refractivity contribution >= 4 is 16.5 Å². The van der Waals surface area contributed by atoms with E-state index in [1.807, 2.05) is 20.8 Å². The van der Waals surface area contributed by atoms with Crippen LogP contribution in [0.5, 0.6) is 5.75 Å². The monoisotopic (exact) mass is 290 g/mol. The van der Waals surface area contributed by atoms with Crippen LogP contribution in [-0.2, 0) is 18.0 Å². The molecule has 0 amide bonds. The van der Waals surface area contributed by atoms with Crippen LogP contribution in [0.4, 0.5) is 0 Å². The topological polar surface area (TPSA) is 61.8 Å². The van der Waals surface area contributed by atoms with Crippen LogP contribution in [0.3, 0.4) is 0 Å². The highest BCUT2D eigenvalue weighted by Gasteiger charge is 2.41. The number of rotatable bonds is 6. The minimum absolute atomic E-state index is 0.139. The SMILES string of the molecule is CC(C)(C)CO[P+](=O)O[P+](=O)Oc1ccccc1. The first-order chi connectivity index (χ1) is 8.37. The highest BCUT2D eigenvalue weighted by molar-refractivity contribution is 7.47. The van der Waals surface area contributed by atoms with Gasteiger partial charge in [0.05, 0.1) is 0 Å².